The summed E-state index contributed by atoms with van der Waals surface area (Å²) in [4.78, 5) is 21.3. The minimum atomic E-state index is -4.51. The zero-order valence-corrected chi connectivity index (χ0v) is 18.3. The summed E-state index contributed by atoms with van der Waals surface area (Å²) in [5.41, 5.74) is 0.516. The van der Waals surface area contributed by atoms with E-state index in [2.05, 4.69) is 0 Å². The Bertz CT molecular complexity index is 1150. The van der Waals surface area contributed by atoms with Crippen LogP contribution in [0.1, 0.15) is 24.0 Å². The molecule has 1 saturated heterocycles. The largest absolute Gasteiger partial charge is 0.416 e. The van der Waals surface area contributed by atoms with Crippen molar-refractivity contribution in [3.8, 4) is 0 Å². The topological polar surface area (TPSA) is 70.2 Å². The Kier molecular flexibility index (Phi) is 5.68. The Morgan fingerprint density at radius 3 is 2.59 bits per heavy atom. The normalized spacial score (nSPS) is 18.8. The number of alkyl halides is 3. The number of sulfonamides is 1. The molecule has 7 nitrogen and oxygen atoms in total. The van der Waals surface area contributed by atoms with Crippen LogP contribution in [0.2, 0.25) is 0 Å². The number of carbonyl (C=O) groups is 1. The van der Waals surface area contributed by atoms with Gasteiger partial charge >= 0.3 is 6.18 Å². The predicted molar refractivity (Wildman–Crippen MR) is 111 cm³/mol. The van der Waals surface area contributed by atoms with Gasteiger partial charge in [-0.1, -0.05) is 16.6 Å². The third kappa shape index (κ3) is 3.84. The average Bonchev–Trinajstić information content (AvgIpc) is 3.25. The van der Waals surface area contributed by atoms with Gasteiger partial charge in [0.05, 0.1) is 35.5 Å². The number of rotatable bonds is 5. The molecule has 0 N–H and O–H groups in total. The van der Waals surface area contributed by atoms with Crippen molar-refractivity contribution in [3.05, 3.63) is 53.6 Å². The van der Waals surface area contributed by atoms with Gasteiger partial charge in [-0.25, -0.2) is 8.42 Å². The summed E-state index contributed by atoms with van der Waals surface area (Å²) in [7, 11) is -1.52. The molecule has 0 spiro atoms. The average molecular weight is 469 g/mol. The highest BCUT2D eigenvalue weighted by atomic mass is 32.2. The molecule has 2 aromatic rings. The van der Waals surface area contributed by atoms with Gasteiger partial charge in [-0.15, -0.1) is 0 Å². The molecule has 4 rings (SSSR count). The van der Waals surface area contributed by atoms with Crippen molar-refractivity contribution >= 4 is 27.3 Å². The summed E-state index contributed by atoms with van der Waals surface area (Å²) in [5.74, 6) is -0.262. The van der Waals surface area contributed by atoms with Crippen LogP contribution < -0.4 is 9.80 Å². The summed E-state index contributed by atoms with van der Waals surface area (Å²) in [6.07, 6.45) is -3.09. The van der Waals surface area contributed by atoms with E-state index in [1.54, 1.807) is 6.07 Å². The third-order valence-electron chi connectivity index (χ3n) is 5.84. The number of anilines is 2. The molecule has 1 amide bonds. The molecule has 2 heterocycles. The molecular formula is C21H22F3N3O4S. The molecule has 0 aromatic heterocycles. The van der Waals surface area contributed by atoms with E-state index in [1.807, 2.05) is 4.90 Å². The van der Waals surface area contributed by atoms with Crippen LogP contribution in [0.5, 0.6) is 0 Å². The Labute approximate surface area is 184 Å². The van der Waals surface area contributed by atoms with Gasteiger partial charge in [0.25, 0.3) is 10.0 Å². The van der Waals surface area contributed by atoms with E-state index in [0.29, 0.717) is 34.4 Å². The van der Waals surface area contributed by atoms with Gasteiger partial charge in [-0.05, 0) is 48.7 Å². The van der Waals surface area contributed by atoms with Crippen LogP contribution in [-0.4, -0.2) is 45.5 Å². The van der Waals surface area contributed by atoms with Crippen LogP contribution in [0.15, 0.2) is 47.4 Å². The first-order chi connectivity index (χ1) is 15.0. The number of fused-ring (bicyclic) bond motifs is 3. The first-order valence-electron chi connectivity index (χ1n) is 9.95. The molecular weight excluding hydrogens is 447 g/mol. The molecule has 2 aliphatic rings. The minimum Gasteiger partial charge on any atom is -0.358 e. The Hall–Kier alpha value is -2.63. The molecule has 1 fully saturated rings. The fraction of sp³-hybridized carbons (Fsp3) is 0.381. The highest BCUT2D eigenvalue weighted by molar-refractivity contribution is 7.89. The highest BCUT2D eigenvalue weighted by Crippen LogP contribution is 2.42. The number of hydrogen-bond acceptors (Lipinski definition) is 5. The summed E-state index contributed by atoms with van der Waals surface area (Å²) < 4.78 is 65.7. The molecule has 2 aliphatic heterocycles. The number of hydrogen-bond donors (Lipinski definition) is 0. The number of hydroxylamine groups is 1. The van der Waals surface area contributed by atoms with Crippen molar-refractivity contribution in [2.24, 2.45) is 0 Å². The van der Waals surface area contributed by atoms with Crippen LogP contribution in [0, 0.1) is 0 Å². The van der Waals surface area contributed by atoms with Crippen molar-refractivity contribution in [1.29, 1.82) is 0 Å². The summed E-state index contributed by atoms with van der Waals surface area (Å²) in [6.45, 7) is 0.536. The number of carbonyl (C=O) groups excluding carboxylic acids is 1. The zero-order chi connectivity index (χ0) is 23.3. The van der Waals surface area contributed by atoms with Gasteiger partial charge in [0.1, 0.15) is 6.04 Å². The molecule has 0 aliphatic carbocycles. The maximum Gasteiger partial charge on any atom is 0.416 e. The van der Waals surface area contributed by atoms with Crippen molar-refractivity contribution in [2.75, 3.05) is 30.5 Å². The van der Waals surface area contributed by atoms with Crippen LogP contribution in [0.3, 0.4) is 0 Å². The van der Waals surface area contributed by atoms with Gasteiger partial charge in [-0.2, -0.15) is 13.2 Å². The maximum atomic E-state index is 13.3. The highest BCUT2D eigenvalue weighted by Gasteiger charge is 2.41. The van der Waals surface area contributed by atoms with Gasteiger partial charge in [0, 0.05) is 13.6 Å². The van der Waals surface area contributed by atoms with E-state index in [9.17, 15) is 26.4 Å². The second-order valence-electron chi connectivity index (χ2n) is 7.72. The third-order valence-corrected chi connectivity index (χ3v) is 7.52. The van der Waals surface area contributed by atoms with Crippen molar-refractivity contribution in [1.82, 2.24) is 4.47 Å². The Morgan fingerprint density at radius 1 is 1.16 bits per heavy atom. The smallest absolute Gasteiger partial charge is 0.358 e. The van der Waals surface area contributed by atoms with Crippen molar-refractivity contribution in [2.45, 2.75) is 36.5 Å². The Balaban J connectivity index is 1.79. The quantitative estimate of drug-likeness (QED) is 0.628. The summed E-state index contributed by atoms with van der Waals surface area (Å²) in [6, 6.07) is 8.82. The van der Waals surface area contributed by atoms with E-state index in [0.717, 1.165) is 18.6 Å². The molecule has 0 bridgehead atoms. The molecule has 2 aromatic carbocycles. The second-order valence-corrected chi connectivity index (χ2v) is 9.66. The summed E-state index contributed by atoms with van der Waals surface area (Å²) in [5, 5.41) is 0. The monoisotopic (exact) mass is 469 g/mol. The van der Waals surface area contributed by atoms with Crippen LogP contribution >= 0.6 is 0 Å². The fourth-order valence-electron chi connectivity index (χ4n) is 4.17. The van der Waals surface area contributed by atoms with Crippen molar-refractivity contribution in [3.63, 3.8) is 0 Å². The van der Waals surface area contributed by atoms with Gasteiger partial charge in [0.2, 0.25) is 5.91 Å². The van der Waals surface area contributed by atoms with E-state index < -0.39 is 27.8 Å². The summed E-state index contributed by atoms with van der Waals surface area (Å²) >= 11 is 0. The fourth-order valence-corrected chi connectivity index (χ4v) is 5.17. The van der Waals surface area contributed by atoms with Gasteiger partial charge in [0.15, 0.2) is 0 Å². The van der Waals surface area contributed by atoms with Crippen LogP contribution in [0.25, 0.3) is 0 Å². The Morgan fingerprint density at radius 2 is 1.91 bits per heavy atom. The minimum absolute atomic E-state index is 0.0833. The van der Waals surface area contributed by atoms with Crippen LogP contribution in [0.4, 0.5) is 24.5 Å². The van der Waals surface area contributed by atoms with Gasteiger partial charge < -0.3 is 9.80 Å². The van der Waals surface area contributed by atoms with E-state index >= 15 is 0 Å². The second kappa shape index (κ2) is 8.05. The SMILES string of the molecule is CON(C)S(=O)(=O)c1ccc2c(c1)N(Cc1cccc(C(F)(F)F)c1)C(=O)C1CCCN21. The lowest BCUT2D eigenvalue weighted by atomic mass is 10.0. The molecule has 0 saturated carbocycles. The van der Waals surface area contributed by atoms with Gasteiger partial charge in [-0.3, -0.25) is 9.63 Å². The molecule has 1 unspecified atom stereocenters. The number of halogens is 3. The molecule has 172 valence electrons. The van der Waals surface area contributed by atoms with Crippen LogP contribution in [-0.2, 0) is 32.4 Å². The lowest BCUT2D eigenvalue weighted by Crippen LogP contribution is -2.50. The number of nitrogens with zero attached hydrogens (tertiary/aromatic N) is 3. The number of benzene rings is 2. The number of amides is 1. The van der Waals surface area contributed by atoms with E-state index in [1.165, 1.54) is 43.3 Å². The standard InChI is InChI=1S/C21H22F3N3O4S/c1-25(31-2)32(29,30)16-8-9-17-19(12-16)27(20(28)18-7-4-10-26(17)18)13-14-5-3-6-15(11-14)21(22,23)24/h3,5-6,8-9,11-12,18H,4,7,10,13H2,1-2H3. The van der Waals surface area contributed by atoms with Crippen molar-refractivity contribution < 1.29 is 31.2 Å². The lowest BCUT2D eigenvalue weighted by molar-refractivity contribution is -0.137. The van der Waals surface area contributed by atoms with E-state index in [4.69, 9.17) is 4.84 Å². The molecule has 1 atom stereocenters. The molecule has 0 radical (unpaired) electrons. The molecule has 32 heavy (non-hydrogen) atoms. The predicted octanol–water partition coefficient (Wildman–Crippen LogP) is 3.40. The lowest BCUT2D eigenvalue weighted by Gasteiger charge is -2.40. The first kappa shape index (κ1) is 22.6. The maximum absolute atomic E-state index is 13.3. The molecule has 11 heteroatoms. The first-order valence-corrected chi connectivity index (χ1v) is 11.4. The van der Waals surface area contributed by atoms with E-state index in [-0.39, 0.29) is 17.3 Å². The zero-order valence-electron chi connectivity index (χ0n) is 17.5.